The van der Waals surface area contributed by atoms with Gasteiger partial charge in [-0.2, -0.15) is 0 Å². The minimum absolute atomic E-state index is 0.0297. The van der Waals surface area contributed by atoms with Crippen LogP contribution in [0.15, 0.2) is 51.2 Å². The summed E-state index contributed by atoms with van der Waals surface area (Å²) in [6.07, 6.45) is 0. The lowest BCUT2D eigenvalue weighted by molar-refractivity contribution is -0.131. The van der Waals surface area contributed by atoms with Gasteiger partial charge in [-0.25, -0.2) is 4.98 Å². The minimum Gasteiger partial charge on any atom is -0.419 e. The Morgan fingerprint density at radius 2 is 2.00 bits per heavy atom. The summed E-state index contributed by atoms with van der Waals surface area (Å²) in [5, 5.41) is 9.35. The highest BCUT2D eigenvalue weighted by atomic mass is 35.5. The van der Waals surface area contributed by atoms with E-state index < -0.39 is 0 Å². The van der Waals surface area contributed by atoms with Crippen molar-refractivity contribution >= 4 is 62.4 Å². The van der Waals surface area contributed by atoms with Gasteiger partial charge >= 0.3 is 0 Å². The van der Waals surface area contributed by atoms with Crippen molar-refractivity contribution in [1.82, 2.24) is 20.1 Å². The molecule has 6 nitrogen and oxygen atoms in total. The van der Waals surface area contributed by atoms with Gasteiger partial charge in [-0.1, -0.05) is 47.1 Å². The number of hydrogen-bond acceptors (Lipinski definition) is 7. The van der Waals surface area contributed by atoms with Crippen molar-refractivity contribution in [2.45, 2.75) is 30.8 Å². The molecule has 2 heterocycles. The van der Waals surface area contributed by atoms with E-state index in [9.17, 15) is 4.79 Å². The molecule has 0 unspecified atom stereocenters. The molecule has 31 heavy (non-hydrogen) atoms. The van der Waals surface area contributed by atoms with Crippen LogP contribution in [0.5, 0.6) is 0 Å². The van der Waals surface area contributed by atoms with Crippen molar-refractivity contribution in [2.24, 2.45) is 0 Å². The van der Waals surface area contributed by atoms with Crippen molar-refractivity contribution in [3.63, 3.8) is 0 Å². The van der Waals surface area contributed by atoms with Crippen LogP contribution in [0.2, 0.25) is 10.0 Å². The van der Waals surface area contributed by atoms with Gasteiger partial charge in [-0.3, -0.25) is 4.79 Å². The van der Waals surface area contributed by atoms with E-state index in [2.05, 4.69) is 15.2 Å². The standard InChI is InChI=1S/C21H18Cl2N4O2S2/c1-12(2)27(10-18-25-26-20(29-18)14-5-3-4-6-15(14)23)19(28)11-30-21-24-16-9-13(22)7-8-17(16)31-21/h3-9,12H,10-11H2,1-2H3. The molecular formula is C21H18Cl2N4O2S2. The third-order valence-corrected chi connectivity index (χ3v) is 7.20. The molecule has 10 heteroatoms. The lowest BCUT2D eigenvalue weighted by Gasteiger charge is -2.24. The highest BCUT2D eigenvalue weighted by Gasteiger charge is 2.22. The Kier molecular flexibility index (Phi) is 6.81. The molecule has 0 saturated heterocycles. The Balaban J connectivity index is 1.43. The number of nitrogens with zero attached hydrogens (tertiary/aromatic N) is 4. The monoisotopic (exact) mass is 492 g/mol. The maximum absolute atomic E-state index is 12.9. The Bertz CT molecular complexity index is 1230. The van der Waals surface area contributed by atoms with Gasteiger partial charge in [0.05, 0.1) is 33.1 Å². The lowest BCUT2D eigenvalue weighted by Crippen LogP contribution is -2.37. The van der Waals surface area contributed by atoms with E-state index in [-0.39, 0.29) is 24.2 Å². The van der Waals surface area contributed by atoms with E-state index in [1.165, 1.54) is 11.8 Å². The maximum atomic E-state index is 12.9. The van der Waals surface area contributed by atoms with Crippen molar-refractivity contribution in [3.05, 3.63) is 58.4 Å². The molecule has 0 atom stereocenters. The zero-order valence-electron chi connectivity index (χ0n) is 16.7. The van der Waals surface area contributed by atoms with Gasteiger partial charge in [0.2, 0.25) is 17.7 Å². The first-order valence-corrected chi connectivity index (χ1v) is 12.0. The Morgan fingerprint density at radius 3 is 2.77 bits per heavy atom. The summed E-state index contributed by atoms with van der Waals surface area (Å²) in [6.45, 7) is 4.13. The van der Waals surface area contributed by atoms with E-state index in [0.717, 1.165) is 14.6 Å². The van der Waals surface area contributed by atoms with Crippen LogP contribution in [-0.2, 0) is 11.3 Å². The topological polar surface area (TPSA) is 72.1 Å². The molecule has 4 aromatic rings. The van der Waals surface area contributed by atoms with E-state index in [1.807, 2.05) is 50.2 Å². The third kappa shape index (κ3) is 5.20. The molecule has 0 radical (unpaired) electrons. The normalized spacial score (nSPS) is 11.4. The van der Waals surface area contributed by atoms with E-state index in [0.29, 0.717) is 27.4 Å². The molecule has 2 aromatic carbocycles. The predicted octanol–water partition coefficient (Wildman–Crippen LogP) is 6.18. The number of thiazole rings is 1. The van der Waals surface area contributed by atoms with E-state index >= 15 is 0 Å². The fraction of sp³-hybridized carbons (Fsp3) is 0.238. The van der Waals surface area contributed by atoms with E-state index in [4.69, 9.17) is 27.6 Å². The highest BCUT2D eigenvalue weighted by molar-refractivity contribution is 8.01. The Morgan fingerprint density at radius 1 is 1.19 bits per heavy atom. The first kappa shape index (κ1) is 22.1. The number of halogens is 2. The summed E-state index contributed by atoms with van der Waals surface area (Å²) in [4.78, 5) is 19.2. The number of fused-ring (bicyclic) bond motifs is 1. The number of hydrogen-bond donors (Lipinski definition) is 0. The summed E-state index contributed by atoms with van der Waals surface area (Å²) in [5.41, 5.74) is 1.50. The summed E-state index contributed by atoms with van der Waals surface area (Å²) in [7, 11) is 0. The van der Waals surface area contributed by atoms with Crippen LogP contribution in [0.1, 0.15) is 19.7 Å². The summed E-state index contributed by atoms with van der Waals surface area (Å²) < 4.78 is 7.63. The number of amides is 1. The third-order valence-electron chi connectivity index (χ3n) is 4.47. The smallest absolute Gasteiger partial charge is 0.249 e. The first-order chi connectivity index (χ1) is 14.9. The number of carbonyl (C=O) groups is 1. The summed E-state index contributed by atoms with van der Waals surface area (Å²) in [5.74, 6) is 0.919. The predicted molar refractivity (Wildman–Crippen MR) is 126 cm³/mol. The molecule has 0 saturated carbocycles. The second-order valence-electron chi connectivity index (χ2n) is 6.98. The maximum Gasteiger partial charge on any atom is 0.249 e. The quantitative estimate of drug-likeness (QED) is 0.286. The fourth-order valence-electron chi connectivity index (χ4n) is 2.91. The van der Waals surface area contributed by atoms with Gasteiger partial charge < -0.3 is 9.32 Å². The SMILES string of the molecule is CC(C)N(Cc1nnc(-c2ccccc2Cl)o1)C(=O)CSc1nc2cc(Cl)ccc2s1. The van der Waals surface area contributed by atoms with Gasteiger partial charge in [0.1, 0.15) is 0 Å². The molecule has 0 bridgehead atoms. The molecule has 1 amide bonds. The molecule has 0 N–H and O–H groups in total. The summed E-state index contributed by atoms with van der Waals surface area (Å²) in [6, 6.07) is 12.8. The first-order valence-electron chi connectivity index (χ1n) is 9.46. The summed E-state index contributed by atoms with van der Waals surface area (Å²) >= 11 is 15.2. The van der Waals surface area contributed by atoms with Crippen LogP contribution in [0.25, 0.3) is 21.7 Å². The number of benzene rings is 2. The van der Waals surface area contributed by atoms with Gasteiger partial charge in [-0.05, 0) is 44.2 Å². The lowest BCUT2D eigenvalue weighted by atomic mass is 10.2. The Labute approximate surface area is 197 Å². The molecule has 0 aliphatic carbocycles. The van der Waals surface area contributed by atoms with Crippen LogP contribution in [0.4, 0.5) is 0 Å². The van der Waals surface area contributed by atoms with Crippen molar-refractivity contribution in [3.8, 4) is 11.5 Å². The van der Waals surface area contributed by atoms with Crippen LogP contribution >= 0.6 is 46.3 Å². The van der Waals surface area contributed by atoms with Gasteiger partial charge in [0.25, 0.3) is 0 Å². The molecular weight excluding hydrogens is 475 g/mol. The molecule has 0 aliphatic rings. The Hall–Kier alpha value is -2.13. The number of carbonyl (C=O) groups excluding carboxylic acids is 1. The van der Waals surface area contributed by atoms with Crippen molar-refractivity contribution in [2.75, 3.05) is 5.75 Å². The van der Waals surface area contributed by atoms with Crippen LogP contribution < -0.4 is 0 Å². The zero-order chi connectivity index (χ0) is 22.0. The molecule has 0 spiro atoms. The zero-order valence-corrected chi connectivity index (χ0v) is 19.9. The van der Waals surface area contributed by atoms with Gasteiger partial charge in [0.15, 0.2) is 4.34 Å². The number of thioether (sulfide) groups is 1. The average molecular weight is 493 g/mol. The van der Waals surface area contributed by atoms with Crippen LogP contribution in [0, 0.1) is 0 Å². The van der Waals surface area contributed by atoms with Crippen LogP contribution in [-0.4, -0.2) is 37.8 Å². The second kappa shape index (κ2) is 9.56. The van der Waals surface area contributed by atoms with Gasteiger partial charge in [0, 0.05) is 11.1 Å². The molecule has 4 rings (SSSR count). The highest BCUT2D eigenvalue weighted by Crippen LogP contribution is 2.31. The van der Waals surface area contributed by atoms with Crippen molar-refractivity contribution < 1.29 is 9.21 Å². The largest absolute Gasteiger partial charge is 0.419 e. The van der Waals surface area contributed by atoms with Crippen LogP contribution in [0.3, 0.4) is 0 Å². The van der Waals surface area contributed by atoms with Crippen molar-refractivity contribution in [1.29, 1.82) is 0 Å². The fourth-order valence-corrected chi connectivity index (χ4v) is 5.23. The molecule has 160 valence electrons. The average Bonchev–Trinajstić information content (AvgIpc) is 3.36. The number of aromatic nitrogens is 3. The molecule has 0 aliphatic heterocycles. The van der Waals surface area contributed by atoms with Gasteiger partial charge in [-0.15, -0.1) is 21.5 Å². The number of rotatable bonds is 7. The minimum atomic E-state index is -0.0326. The molecule has 2 aromatic heterocycles. The second-order valence-corrected chi connectivity index (χ2v) is 10.1. The molecule has 0 fully saturated rings. The van der Waals surface area contributed by atoms with E-state index in [1.54, 1.807) is 22.3 Å².